The smallest absolute Gasteiger partial charge is 0.257 e. The molecule has 1 heterocycles. The fourth-order valence-corrected chi connectivity index (χ4v) is 2.19. The fraction of sp³-hybridized carbons (Fsp3) is 0.400. The molecular formula is C15H18FNO2. The first-order chi connectivity index (χ1) is 9.11. The molecule has 0 saturated heterocycles. The summed E-state index contributed by atoms with van der Waals surface area (Å²) in [7, 11) is 1.65. The van der Waals surface area contributed by atoms with E-state index < -0.39 is 5.82 Å². The Labute approximate surface area is 112 Å². The minimum atomic E-state index is -0.456. The van der Waals surface area contributed by atoms with Gasteiger partial charge in [-0.3, -0.25) is 4.79 Å². The molecule has 0 aliphatic carbocycles. The summed E-state index contributed by atoms with van der Waals surface area (Å²) in [4.78, 5) is 13.9. The first kappa shape index (κ1) is 13.7. The molecule has 1 aromatic rings. The van der Waals surface area contributed by atoms with Crippen molar-refractivity contribution < 1.29 is 13.9 Å². The van der Waals surface area contributed by atoms with Crippen molar-refractivity contribution in [2.24, 2.45) is 0 Å². The van der Waals surface area contributed by atoms with E-state index in [-0.39, 0.29) is 11.5 Å². The van der Waals surface area contributed by atoms with E-state index in [1.54, 1.807) is 24.1 Å². The van der Waals surface area contributed by atoms with Gasteiger partial charge in [-0.1, -0.05) is 17.7 Å². The summed E-state index contributed by atoms with van der Waals surface area (Å²) in [6.45, 7) is 3.58. The number of halogens is 1. The summed E-state index contributed by atoms with van der Waals surface area (Å²) in [6, 6.07) is 4.61. The Morgan fingerprint density at radius 3 is 2.89 bits per heavy atom. The maximum absolute atomic E-state index is 13.7. The number of aryl methyl sites for hydroxylation is 1. The van der Waals surface area contributed by atoms with Crippen LogP contribution in [0.1, 0.15) is 22.3 Å². The lowest BCUT2D eigenvalue weighted by Crippen LogP contribution is -2.35. The van der Waals surface area contributed by atoms with Crippen LogP contribution in [0.15, 0.2) is 29.8 Å². The molecule has 1 aliphatic rings. The number of ether oxygens (including phenoxy) is 1. The summed E-state index contributed by atoms with van der Waals surface area (Å²) in [6.07, 6.45) is 2.77. The van der Waals surface area contributed by atoms with Crippen molar-refractivity contribution in [2.45, 2.75) is 13.3 Å². The van der Waals surface area contributed by atoms with E-state index in [2.05, 4.69) is 0 Å². The number of carbonyl (C=O) groups excluding carboxylic acids is 1. The summed E-state index contributed by atoms with van der Waals surface area (Å²) in [5.74, 6) is -0.698. The Bertz CT molecular complexity index is 511. The molecular weight excluding hydrogens is 245 g/mol. The van der Waals surface area contributed by atoms with Gasteiger partial charge in [0.05, 0.1) is 12.2 Å². The first-order valence-corrected chi connectivity index (χ1v) is 6.34. The van der Waals surface area contributed by atoms with Crippen LogP contribution in [0, 0.1) is 12.7 Å². The van der Waals surface area contributed by atoms with Crippen LogP contribution in [0.3, 0.4) is 0 Å². The average Bonchev–Trinajstić information content (AvgIpc) is 2.42. The molecule has 1 amide bonds. The molecule has 0 bridgehead atoms. The van der Waals surface area contributed by atoms with E-state index in [4.69, 9.17) is 4.74 Å². The van der Waals surface area contributed by atoms with Crippen molar-refractivity contribution in [2.75, 3.05) is 26.8 Å². The Balaban J connectivity index is 2.11. The molecule has 1 aromatic carbocycles. The van der Waals surface area contributed by atoms with Crippen LogP contribution in [0.25, 0.3) is 0 Å². The van der Waals surface area contributed by atoms with Gasteiger partial charge in [0.25, 0.3) is 5.91 Å². The number of benzene rings is 1. The highest BCUT2D eigenvalue weighted by molar-refractivity contribution is 5.94. The second kappa shape index (κ2) is 5.97. The van der Waals surface area contributed by atoms with Gasteiger partial charge in [-0.05, 0) is 31.1 Å². The topological polar surface area (TPSA) is 29.5 Å². The normalized spacial score (nSPS) is 15.3. The van der Waals surface area contributed by atoms with Crippen molar-refractivity contribution in [3.8, 4) is 0 Å². The zero-order valence-corrected chi connectivity index (χ0v) is 11.3. The van der Waals surface area contributed by atoms with E-state index in [0.717, 1.165) is 12.0 Å². The predicted molar refractivity (Wildman–Crippen MR) is 71.6 cm³/mol. The molecule has 0 unspecified atom stereocenters. The third-order valence-corrected chi connectivity index (χ3v) is 3.27. The van der Waals surface area contributed by atoms with Gasteiger partial charge in [0.15, 0.2) is 0 Å². The van der Waals surface area contributed by atoms with Gasteiger partial charge in [-0.2, -0.15) is 0 Å². The molecule has 0 spiro atoms. The van der Waals surface area contributed by atoms with E-state index in [0.29, 0.717) is 19.7 Å². The van der Waals surface area contributed by atoms with Gasteiger partial charge < -0.3 is 9.64 Å². The largest absolute Gasteiger partial charge is 0.380 e. The minimum absolute atomic E-state index is 0.156. The Morgan fingerprint density at radius 1 is 1.47 bits per heavy atom. The zero-order chi connectivity index (χ0) is 13.8. The van der Waals surface area contributed by atoms with E-state index in [1.165, 1.54) is 11.6 Å². The molecule has 1 aliphatic heterocycles. The summed E-state index contributed by atoms with van der Waals surface area (Å²) < 4.78 is 18.8. The quantitative estimate of drug-likeness (QED) is 0.784. The maximum atomic E-state index is 13.7. The third-order valence-electron chi connectivity index (χ3n) is 3.27. The molecule has 102 valence electrons. The second-order valence-electron chi connectivity index (χ2n) is 4.78. The molecule has 0 saturated carbocycles. The minimum Gasteiger partial charge on any atom is -0.380 e. The molecule has 2 rings (SSSR count). The molecule has 0 radical (unpaired) electrons. The van der Waals surface area contributed by atoms with Crippen LogP contribution >= 0.6 is 0 Å². The van der Waals surface area contributed by atoms with Crippen LogP contribution in [-0.4, -0.2) is 37.6 Å². The van der Waals surface area contributed by atoms with Crippen molar-refractivity contribution in [3.63, 3.8) is 0 Å². The van der Waals surface area contributed by atoms with Crippen LogP contribution < -0.4 is 0 Å². The first-order valence-electron chi connectivity index (χ1n) is 6.34. The Kier molecular flexibility index (Phi) is 4.32. The number of rotatable bonds is 3. The molecule has 4 heteroatoms. The summed E-state index contributed by atoms with van der Waals surface area (Å²) >= 11 is 0. The lowest BCUT2D eigenvalue weighted by atomic mass is 10.1. The lowest BCUT2D eigenvalue weighted by Gasteiger charge is -2.26. The lowest BCUT2D eigenvalue weighted by molar-refractivity contribution is 0.0760. The van der Waals surface area contributed by atoms with Gasteiger partial charge in [0.1, 0.15) is 5.82 Å². The highest BCUT2D eigenvalue weighted by Crippen LogP contribution is 2.17. The standard InChI is InChI=1S/C15H18FNO2/c1-11-3-4-14(16)13(9-11)15(18)17-7-5-12(6-8-17)10-19-2/h3-5,9H,6-8,10H2,1-2H3. The van der Waals surface area contributed by atoms with Crippen LogP contribution in [-0.2, 0) is 4.74 Å². The van der Waals surface area contributed by atoms with Gasteiger partial charge >= 0.3 is 0 Å². The molecule has 19 heavy (non-hydrogen) atoms. The number of methoxy groups -OCH3 is 1. The monoisotopic (exact) mass is 263 g/mol. The highest BCUT2D eigenvalue weighted by Gasteiger charge is 2.21. The van der Waals surface area contributed by atoms with Gasteiger partial charge in [0, 0.05) is 20.2 Å². The second-order valence-corrected chi connectivity index (χ2v) is 4.78. The number of carbonyl (C=O) groups is 1. The predicted octanol–water partition coefficient (Wildman–Crippen LogP) is 2.55. The Morgan fingerprint density at radius 2 is 2.26 bits per heavy atom. The fourth-order valence-electron chi connectivity index (χ4n) is 2.19. The van der Waals surface area contributed by atoms with E-state index in [9.17, 15) is 9.18 Å². The van der Waals surface area contributed by atoms with Crippen molar-refractivity contribution in [1.82, 2.24) is 4.90 Å². The van der Waals surface area contributed by atoms with Crippen molar-refractivity contribution in [3.05, 3.63) is 46.8 Å². The van der Waals surface area contributed by atoms with Crippen LogP contribution in [0.4, 0.5) is 4.39 Å². The van der Waals surface area contributed by atoms with Crippen LogP contribution in [0.5, 0.6) is 0 Å². The molecule has 0 N–H and O–H groups in total. The molecule has 0 atom stereocenters. The van der Waals surface area contributed by atoms with Crippen molar-refractivity contribution in [1.29, 1.82) is 0 Å². The van der Waals surface area contributed by atoms with Crippen LogP contribution in [0.2, 0.25) is 0 Å². The maximum Gasteiger partial charge on any atom is 0.257 e. The van der Waals surface area contributed by atoms with Gasteiger partial charge in [-0.25, -0.2) is 4.39 Å². The van der Waals surface area contributed by atoms with Gasteiger partial charge in [0.2, 0.25) is 0 Å². The molecule has 0 aromatic heterocycles. The molecule has 0 fully saturated rings. The van der Waals surface area contributed by atoms with Crippen molar-refractivity contribution >= 4 is 5.91 Å². The summed E-state index contributed by atoms with van der Waals surface area (Å²) in [5.41, 5.74) is 2.23. The third kappa shape index (κ3) is 3.20. The number of amides is 1. The average molecular weight is 263 g/mol. The van der Waals surface area contributed by atoms with E-state index in [1.807, 2.05) is 13.0 Å². The summed E-state index contributed by atoms with van der Waals surface area (Å²) in [5, 5.41) is 0. The Hall–Kier alpha value is -1.68. The van der Waals surface area contributed by atoms with Gasteiger partial charge in [-0.15, -0.1) is 0 Å². The highest BCUT2D eigenvalue weighted by atomic mass is 19.1. The number of nitrogens with zero attached hydrogens (tertiary/aromatic N) is 1. The van der Waals surface area contributed by atoms with E-state index >= 15 is 0 Å². The number of hydrogen-bond donors (Lipinski definition) is 0. The number of hydrogen-bond acceptors (Lipinski definition) is 2. The zero-order valence-electron chi connectivity index (χ0n) is 11.3. The SMILES string of the molecule is COCC1=CCN(C(=O)c2cc(C)ccc2F)CC1. The molecule has 3 nitrogen and oxygen atoms in total.